The largest absolute Gasteiger partial charge is 0.472 e. The van der Waals surface area contributed by atoms with E-state index >= 15 is 0 Å². The molecule has 0 aromatic rings. The second kappa shape index (κ2) is 57.9. The summed E-state index contributed by atoms with van der Waals surface area (Å²) < 4.78 is 68.2. The van der Waals surface area contributed by atoms with E-state index in [4.69, 9.17) is 37.0 Å². The van der Waals surface area contributed by atoms with Crippen LogP contribution in [0.2, 0.25) is 0 Å². The van der Waals surface area contributed by atoms with Crippen LogP contribution in [0.3, 0.4) is 0 Å². The maximum atomic E-state index is 13.0. The number of carbonyl (C=O) groups is 4. The minimum absolute atomic E-state index is 0.103. The molecule has 0 aliphatic rings. The Labute approximate surface area is 530 Å². The van der Waals surface area contributed by atoms with Gasteiger partial charge < -0.3 is 33.8 Å². The Morgan fingerprint density at radius 1 is 0.287 bits per heavy atom. The molecule has 0 radical (unpaired) electrons. The van der Waals surface area contributed by atoms with Gasteiger partial charge in [0.2, 0.25) is 0 Å². The molecule has 0 heterocycles. The molecule has 87 heavy (non-hydrogen) atoms. The molecule has 0 aromatic heterocycles. The van der Waals surface area contributed by atoms with Crippen LogP contribution in [0.15, 0.2) is 0 Å². The van der Waals surface area contributed by atoms with Gasteiger partial charge in [-0.2, -0.15) is 0 Å². The third-order valence-corrected chi connectivity index (χ3v) is 17.5. The third-order valence-electron chi connectivity index (χ3n) is 15.6. The quantitative estimate of drug-likeness (QED) is 0.0222. The first kappa shape index (κ1) is 85.1. The maximum Gasteiger partial charge on any atom is 0.472 e. The summed E-state index contributed by atoms with van der Waals surface area (Å²) in [6, 6.07) is 0. The van der Waals surface area contributed by atoms with Crippen molar-refractivity contribution in [3.63, 3.8) is 0 Å². The van der Waals surface area contributed by atoms with Crippen molar-refractivity contribution in [3.05, 3.63) is 0 Å². The van der Waals surface area contributed by atoms with Crippen molar-refractivity contribution in [2.45, 2.75) is 350 Å². The maximum absolute atomic E-state index is 13.0. The van der Waals surface area contributed by atoms with E-state index in [1.54, 1.807) is 0 Å². The summed E-state index contributed by atoms with van der Waals surface area (Å²) in [5.41, 5.74) is 0. The number of ether oxygens (including phenoxy) is 4. The van der Waals surface area contributed by atoms with Gasteiger partial charge in [-0.3, -0.25) is 37.3 Å². The lowest BCUT2D eigenvalue weighted by atomic mass is 10.0. The van der Waals surface area contributed by atoms with Gasteiger partial charge >= 0.3 is 39.5 Å². The summed E-state index contributed by atoms with van der Waals surface area (Å²) in [6.07, 6.45) is 39.1. The highest BCUT2D eigenvalue weighted by molar-refractivity contribution is 7.47. The van der Waals surface area contributed by atoms with E-state index in [1.165, 1.54) is 128 Å². The summed E-state index contributed by atoms with van der Waals surface area (Å²) in [5.74, 6) is 0.788. The first-order valence-corrected chi connectivity index (χ1v) is 38.2. The zero-order valence-electron chi connectivity index (χ0n) is 56.6. The van der Waals surface area contributed by atoms with Gasteiger partial charge in [-0.05, 0) is 49.4 Å². The van der Waals surface area contributed by atoms with E-state index in [0.29, 0.717) is 31.6 Å². The second-order valence-corrected chi connectivity index (χ2v) is 29.4. The number of rotatable bonds is 65. The second-order valence-electron chi connectivity index (χ2n) is 26.5. The van der Waals surface area contributed by atoms with Gasteiger partial charge in [-0.25, -0.2) is 9.13 Å². The molecule has 0 spiro atoms. The van der Waals surface area contributed by atoms with Gasteiger partial charge in [0.25, 0.3) is 0 Å². The Kier molecular flexibility index (Phi) is 56.6. The average molecular weight is 1280 g/mol. The molecule has 0 aliphatic carbocycles. The van der Waals surface area contributed by atoms with Gasteiger partial charge in [-0.1, -0.05) is 280 Å². The first-order chi connectivity index (χ1) is 41.6. The molecule has 516 valence electrons. The molecule has 0 fully saturated rings. The van der Waals surface area contributed by atoms with Crippen molar-refractivity contribution in [3.8, 4) is 0 Å². The zero-order valence-corrected chi connectivity index (χ0v) is 58.4. The number of esters is 4. The number of hydrogen-bond acceptors (Lipinski definition) is 15. The Balaban J connectivity index is 5.24. The molecular formula is C68H132O17P2. The van der Waals surface area contributed by atoms with Crippen LogP contribution in [-0.4, -0.2) is 96.7 Å². The SMILES string of the molecule is CC(C)CCCCCCCCCCCCCCC(=O)OC[C@H](COP(=O)(O)OCC(O)COP(=O)(O)OC[C@@H](COC(=O)CCCCCCCCCC(C)C)OC(=O)CCCCCCCCCCC(C)C)OC(=O)CCCCCCCCCCC(C)C. The van der Waals surface area contributed by atoms with E-state index in [0.717, 1.165) is 114 Å². The van der Waals surface area contributed by atoms with Crippen LogP contribution in [0.5, 0.6) is 0 Å². The topological polar surface area (TPSA) is 237 Å². The highest BCUT2D eigenvalue weighted by Gasteiger charge is 2.30. The molecule has 0 aromatic carbocycles. The number of carbonyl (C=O) groups excluding carboxylic acids is 4. The van der Waals surface area contributed by atoms with E-state index in [2.05, 4.69) is 55.4 Å². The Morgan fingerprint density at radius 3 is 0.713 bits per heavy atom. The number of hydrogen-bond donors (Lipinski definition) is 3. The van der Waals surface area contributed by atoms with Crippen LogP contribution >= 0.6 is 15.6 Å². The molecule has 0 amide bonds. The molecule has 0 saturated heterocycles. The molecule has 3 unspecified atom stereocenters. The fraction of sp³-hybridized carbons (Fsp3) is 0.941. The van der Waals surface area contributed by atoms with Gasteiger partial charge in [0.15, 0.2) is 12.2 Å². The van der Waals surface area contributed by atoms with Crippen LogP contribution in [0.25, 0.3) is 0 Å². The minimum atomic E-state index is -4.95. The predicted octanol–water partition coefficient (Wildman–Crippen LogP) is 18.9. The molecule has 0 rings (SSSR count). The zero-order chi connectivity index (χ0) is 64.7. The average Bonchev–Trinajstić information content (AvgIpc) is 3.60. The van der Waals surface area contributed by atoms with Crippen molar-refractivity contribution in [2.75, 3.05) is 39.6 Å². The molecule has 0 aliphatic heterocycles. The van der Waals surface area contributed by atoms with Gasteiger partial charge in [0, 0.05) is 25.7 Å². The van der Waals surface area contributed by atoms with Crippen molar-refractivity contribution in [1.29, 1.82) is 0 Å². The summed E-state index contributed by atoms with van der Waals surface area (Å²) in [4.78, 5) is 72.4. The smallest absolute Gasteiger partial charge is 0.462 e. The normalized spacial score (nSPS) is 14.3. The fourth-order valence-corrected chi connectivity index (χ4v) is 11.7. The van der Waals surface area contributed by atoms with Crippen molar-refractivity contribution in [2.24, 2.45) is 23.7 Å². The van der Waals surface area contributed by atoms with Gasteiger partial charge in [0.1, 0.15) is 19.3 Å². The highest BCUT2D eigenvalue weighted by Crippen LogP contribution is 2.45. The van der Waals surface area contributed by atoms with Crippen molar-refractivity contribution in [1.82, 2.24) is 0 Å². The number of phosphoric ester groups is 2. The standard InChI is InChI=1S/C68H132O17P2/c1-58(2)44-36-28-20-13-11-9-10-12-14-24-32-40-48-65(70)78-54-63(84-67(72)50-42-34-25-17-15-21-29-37-45-59(3)4)56-82-86(74,75)80-52-62(69)53-81-87(76,77)83-57-64(55-79-66(71)49-41-33-27-19-23-31-39-47-61(7)8)85-68(73)51-43-35-26-18-16-22-30-38-46-60(5)6/h58-64,69H,9-57H2,1-8H3,(H,74,75)(H,76,77)/t62?,63-,64-/m1/s1. The lowest BCUT2D eigenvalue weighted by Gasteiger charge is -2.21. The summed E-state index contributed by atoms with van der Waals surface area (Å²) in [6.45, 7) is 14.0. The lowest BCUT2D eigenvalue weighted by Crippen LogP contribution is -2.30. The molecule has 0 bridgehead atoms. The molecule has 19 heteroatoms. The van der Waals surface area contributed by atoms with Crippen LogP contribution in [0.4, 0.5) is 0 Å². The molecule has 5 atom stereocenters. The van der Waals surface area contributed by atoms with Crippen LogP contribution < -0.4 is 0 Å². The minimum Gasteiger partial charge on any atom is -0.462 e. The highest BCUT2D eigenvalue weighted by atomic mass is 31.2. The summed E-state index contributed by atoms with van der Waals surface area (Å²) in [7, 11) is -9.90. The number of aliphatic hydroxyl groups excluding tert-OH is 1. The Hall–Kier alpha value is -1.94. The lowest BCUT2D eigenvalue weighted by molar-refractivity contribution is -0.161. The van der Waals surface area contributed by atoms with Crippen LogP contribution in [0, 0.1) is 23.7 Å². The monoisotopic (exact) mass is 1280 g/mol. The molecule has 3 N–H and O–H groups in total. The fourth-order valence-electron chi connectivity index (χ4n) is 10.1. The number of aliphatic hydroxyl groups is 1. The molecular weight excluding hydrogens is 1150 g/mol. The Bertz CT molecular complexity index is 1730. The van der Waals surface area contributed by atoms with Crippen molar-refractivity contribution >= 4 is 39.5 Å². The number of unbranched alkanes of at least 4 members (excludes halogenated alkanes) is 31. The van der Waals surface area contributed by atoms with E-state index in [9.17, 15) is 43.2 Å². The van der Waals surface area contributed by atoms with E-state index in [-0.39, 0.29) is 25.7 Å². The van der Waals surface area contributed by atoms with Crippen LogP contribution in [0.1, 0.15) is 331 Å². The predicted molar refractivity (Wildman–Crippen MR) is 349 cm³/mol. The van der Waals surface area contributed by atoms with Crippen LogP contribution in [-0.2, 0) is 65.4 Å². The van der Waals surface area contributed by atoms with Gasteiger partial charge in [-0.15, -0.1) is 0 Å². The van der Waals surface area contributed by atoms with E-state index < -0.39 is 97.5 Å². The van der Waals surface area contributed by atoms with Gasteiger partial charge in [0.05, 0.1) is 26.4 Å². The van der Waals surface area contributed by atoms with E-state index in [1.807, 2.05) is 0 Å². The first-order valence-electron chi connectivity index (χ1n) is 35.2. The summed E-state index contributed by atoms with van der Waals surface area (Å²) >= 11 is 0. The summed E-state index contributed by atoms with van der Waals surface area (Å²) in [5, 5.41) is 10.6. The Morgan fingerprint density at radius 2 is 0.483 bits per heavy atom. The number of phosphoric acid groups is 2. The van der Waals surface area contributed by atoms with Crippen molar-refractivity contribution < 1.29 is 80.2 Å². The molecule has 17 nitrogen and oxygen atoms in total. The molecule has 0 saturated carbocycles. The third kappa shape index (κ3) is 62.6.